The van der Waals surface area contributed by atoms with E-state index >= 15 is 0 Å². The van der Waals surface area contributed by atoms with Crippen molar-refractivity contribution >= 4 is 5.91 Å². The summed E-state index contributed by atoms with van der Waals surface area (Å²) in [4.78, 5) is 12.2. The first-order valence-corrected chi connectivity index (χ1v) is 9.54. The van der Waals surface area contributed by atoms with Gasteiger partial charge in [-0.3, -0.25) is 9.48 Å². The Labute approximate surface area is 167 Å². The van der Waals surface area contributed by atoms with Gasteiger partial charge in [0.2, 0.25) is 5.91 Å². The number of phenols is 1. The second-order valence-electron chi connectivity index (χ2n) is 7.10. The number of ether oxygens (including phenoxy) is 1. The molecular weight excluding hydrogens is 373 g/mol. The number of hydrogen-bond donors (Lipinski definition) is 2. The highest BCUT2D eigenvalue weighted by molar-refractivity contribution is 5.78. The molecule has 2 aromatic carbocycles. The summed E-state index contributed by atoms with van der Waals surface area (Å²) in [5, 5.41) is 16.7. The maximum Gasteiger partial charge on any atom is 0.224 e. The Bertz CT molecular complexity index is 1000. The van der Waals surface area contributed by atoms with Crippen LogP contribution in [0.1, 0.15) is 28.5 Å². The molecule has 2 N–H and O–H groups in total. The molecular formula is C22H22FN3O3. The van der Waals surface area contributed by atoms with Gasteiger partial charge in [0.1, 0.15) is 6.10 Å². The minimum absolute atomic E-state index is 0.0270. The quantitative estimate of drug-likeness (QED) is 0.673. The van der Waals surface area contributed by atoms with Gasteiger partial charge in [-0.2, -0.15) is 5.10 Å². The number of nitrogens with zero attached hydrogens (tertiary/aromatic N) is 2. The van der Waals surface area contributed by atoms with Crippen LogP contribution in [0.2, 0.25) is 0 Å². The molecule has 1 aromatic heterocycles. The number of hydrogen-bond acceptors (Lipinski definition) is 4. The predicted octanol–water partition coefficient (Wildman–Crippen LogP) is 2.75. The van der Waals surface area contributed by atoms with E-state index in [9.17, 15) is 14.3 Å². The molecule has 2 heterocycles. The molecule has 1 unspecified atom stereocenters. The fraction of sp³-hybridized carbons (Fsp3) is 0.273. The summed E-state index contributed by atoms with van der Waals surface area (Å²) >= 11 is 0. The van der Waals surface area contributed by atoms with Crippen LogP contribution in [0.5, 0.6) is 5.75 Å². The van der Waals surface area contributed by atoms with Crippen LogP contribution >= 0.6 is 0 Å². The standard InChI is InChI=1S/C22H22FN3O3/c23-18-10-16(6-7-19(18)27)11-21(28)24-12-20-22-17(8-9-29-20)14-26(25-22)13-15-4-2-1-3-5-15/h1-7,10,14,20,27H,8-9,11-13H2,(H,24,28). The molecule has 0 aliphatic carbocycles. The molecule has 1 atom stereocenters. The Kier molecular flexibility index (Phi) is 5.57. The number of amides is 1. The zero-order chi connectivity index (χ0) is 20.2. The van der Waals surface area contributed by atoms with Gasteiger partial charge in [0.15, 0.2) is 11.6 Å². The van der Waals surface area contributed by atoms with Crippen molar-refractivity contribution in [3.63, 3.8) is 0 Å². The van der Waals surface area contributed by atoms with Crippen molar-refractivity contribution in [3.8, 4) is 5.75 Å². The van der Waals surface area contributed by atoms with E-state index in [2.05, 4.69) is 22.5 Å². The SMILES string of the molecule is O=C(Cc1ccc(O)c(F)c1)NCC1OCCc2cn(Cc3ccccc3)nc21. The topological polar surface area (TPSA) is 76.4 Å². The summed E-state index contributed by atoms with van der Waals surface area (Å²) in [6, 6.07) is 14.0. The van der Waals surface area contributed by atoms with Gasteiger partial charge in [0, 0.05) is 12.7 Å². The summed E-state index contributed by atoms with van der Waals surface area (Å²) < 4.78 is 21.1. The highest BCUT2D eigenvalue weighted by atomic mass is 19.1. The molecule has 1 aliphatic rings. The molecule has 0 radical (unpaired) electrons. The van der Waals surface area contributed by atoms with E-state index < -0.39 is 11.6 Å². The van der Waals surface area contributed by atoms with Crippen LogP contribution in [0.15, 0.2) is 54.7 Å². The van der Waals surface area contributed by atoms with Crippen molar-refractivity contribution in [3.05, 3.63) is 82.9 Å². The van der Waals surface area contributed by atoms with Gasteiger partial charge >= 0.3 is 0 Å². The Morgan fingerprint density at radius 2 is 2.07 bits per heavy atom. The zero-order valence-electron chi connectivity index (χ0n) is 15.8. The van der Waals surface area contributed by atoms with Crippen molar-refractivity contribution in [2.24, 2.45) is 0 Å². The zero-order valence-corrected chi connectivity index (χ0v) is 15.8. The molecule has 150 valence electrons. The minimum Gasteiger partial charge on any atom is -0.505 e. The molecule has 6 nitrogen and oxygen atoms in total. The lowest BCUT2D eigenvalue weighted by atomic mass is 10.1. The Morgan fingerprint density at radius 1 is 1.24 bits per heavy atom. The molecule has 0 saturated carbocycles. The number of rotatable bonds is 6. The monoisotopic (exact) mass is 395 g/mol. The van der Waals surface area contributed by atoms with Crippen LogP contribution in [-0.2, 0) is 28.9 Å². The van der Waals surface area contributed by atoms with Gasteiger partial charge in [0.25, 0.3) is 0 Å². The Balaban J connectivity index is 1.37. The van der Waals surface area contributed by atoms with Gasteiger partial charge in [-0.15, -0.1) is 0 Å². The van der Waals surface area contributed by atoms with Crippen LogP contribution < -0.4 is 5.32 Å². The molecule has 0 saturated heterocycles. The Morgan fingerprint density at radius 3 is 2.86 bits per heavy atom. The highest BCUT2D eigenvalue weighted by Crippen LogP contribution is 2.25. The molecule has 0 fully saturated rings. The third kappa shape index (κ3) is 4.63. The largest absolute Gasteiger partial charge is 0.505 e. The van der Waals surface area contributed by atoms with Gasteiger partial charge in [0.05, 0.1) is 25.3 Å². The fourth-order valence-electron chi connectivity index (χ4n) is 3.45. The molecule has 4 rings (SSSR count). The van der Waals surface area contributed by atoms with Crippen LogP contribution in [0, 0.1) is 5.82 Å². The lowest BCUT2D eigenvalue weighted by Crippen LogP contribution is -2.32. The predicted molar refractivity (Wildman–Crippen MR) is 105 cm³/mol. The van der Waals surface area contributed by atoms with E-state index in [0.717, 1.165) is 23.7 Å². The summed E-state index contributed by atoms with van der Waals surface area (Å²) in [6.45, 7) is 1.56. The van der Waals surface area contributed by atoms with E-state index in [1.54, 1.807) is 0 Å². The van der Waals surface area contributed by atoms with E-state index in [4.69, 9.17) is 4.74 Å². The first-order chi connectivity index (χ1) is 14.1. The van der Waals surface area contributed by atoms with Gasteiger partial charge < -0.3 is 15.2 Å². The van der Waals surface area contributed by atoms with Crippen molar-refractivity contribution in [1.29, 1.82) is 0 Å². The number of aromatic nitrogens is 2. The van der Waals surface area contributed by atoms with Crippen molar-refractivity contribution in [2.75, 3.05) is 13.2 Å². The number of aromatic hydroxyl groups is 1. The number of carbonyl (C=O) groups is 1. The molecule has 1 amide bonds. The Hall–Kier alpha value is -3.19. The van der Waals surface area contributed by atoms with Crippen LogP contribution in [0.3, 0.4) is 0 Å². The van der Waals surface area contributed by atoms with Crippen LogP contribution in [0.4, 0.5) is 4.39 Å². The normalized spacial score (nSPS) is 15.7. The number of halogens is 1. The fourth-order valence-corrected chi connectivity index (χ4v) is 3.45. The van der Waals surface area contributed by atoms with E-state index in [-0.39, 0.29) is 18.4 Å². The van der Waals surface area contributed by atoms with Crippen LogP contribution in [0.25, 0.3) is 0 Å². The highest BCUT2D eigenvalue weighted by Gasteiger charge is 2.25. The molecule has 1 aliphatic heterocycles. The number of fused-ring (bicyclic) bond motifs is 1. The maximum atomic E-state index is 13.4. The van der Waals surface area contributed by atoms with Gasteiger partial charge in [-0.1, -0.05) is 36.4 Å². The smallest absolute Gasteiger partial charge is 0.224 e. The lowest BCUT2D eigenvalue weighted by molar-refractivity contribution is -0.121. The van der Waals surface area contributed by atoms with Crippen molar-refractivity contribution in [2.45, 2.75) is 25.5 Å². The average molecular weight is 395 g/mol. The summed E-state index contributed by atoms with van der Waals surface area (Å²) in [6.07, 6.45) is 2.55. The van der Waals surface area contributed by atoms with Gasteiger partial charge in [-0.25, -0.2) is 4.39 Å². The molecule has 3 aromatic rings. The third-order valence-corrected chi connectivity index (χ3v) is 4.91. The number of phenolic OH excluding ortho intramolecular Hbond substituents is 1. The molecule has 0 spiro atoms. The second kappa shape index (κ2) is 8.45. The summed E-state index contributed by atoms with van der Waals surface area (Å²) in [5.74, 6) is -1.41. The van der Waals surface area contributed by atoms with Gasteiger partial charge in [-0.05, 0) is 35.2 Å². The van der Waals surface area contributed by atoms with Crippen molar-refractivity contribution in [1.82, 2.24) is 15.1 Å². The molecule has 29 heavy (non-hydrogen) atoms. The molecule has 7 heteroatoms. The van der Waals surface area contributed by atoms with Crippen LogP contribution in [-0.4, -0.2) is 33.9 Å². The first kappa shape index (κ1) is 19.1. The summed E-state index contributed by atoms with van der Waals surface area (Å²) in [5.41, 5.74) is 3.64. The van der Waals surface area contributed by atoms with E-state index in [1.165, 1.54) is 17.7 Å². The minimum atomic E-state index is -0.737. The summed E-state index contributed by atoms with van der Waals surface area (Å²) in [7, 11) is 0. The third-order valence-electron chi connectivity index (χ3n) is 4.91. The molecule has 0 bridgehead atoms. The average Bonchev–Trinajstić information content (AvgIpc) is 3.13. The second-order valence-corrected chi connectivity index (χ2v) is 7.10. The number of benzene rings is 2. The van der Waals surface area contributed by atoms with E-state index in [1.807, 2.05) is 29.1 Å². The van der Waals surface area contributed by atoms with Crippen molar-refractivity contribution < 1.29 is 19.0 Å². The number of carbonyl (C=O) groups excluding carboxylic acids is 1. The number of nitrogens with one attached hydrogen (secondary N) is 1. The van der Waals surface area contributed by atoms with E-state index in [0.29, 0.717) is 25.3 Å². The lowest BCUT2D eigenvalue weighted by Gasteiger charge is -2.22. The first-order valence-electron chi connectivity index (χ1n) is 9.54. The maximum absolute atomic E-state index is 13.4.